The van der Waals surface area contributed by atoms with E-state index in [0.717, 1.165) is 5.69 Å². The summed E-state index contributed by atoms with van der Waals surface area (Å²) in [4.78, 5) is 4.05. The first-order valence-corrected chi connectivity index (χ1v) is 10.0. The molecule has 1 aromatic carbocycles. The summed E-state index contributed by atoms with van der Waals surface area (Å²) in [6.45, 7) is 7.62. The molecular weight excluding hydrogens is 351 g/mol. The Kier molecular flexibility index (Phi) is 6.98. The zero-order valence-electron chi connectivity index (χ0n) is 15.5. The Balaban J connectivity index is 2.55. The Morgan fingerprint density at radius 3 is 2.35 bits per heavy atom. The van der Waals surface area contributed by atoms with Crippen LogP contribution in [0.4, 0.5) is 5.69 Å². The number of anilines is 1. The maximum atomic E-state index is 13.4. The third-order valence-electron chi connectivity index (χ3n) is 3.72. The van der Waals surface area contributed by atoms with E-state index in [4.69, 9.17) is 9.05 Å². The van der Waals surface area contributed by atoms with Crippen LogP contribution in [-0.4, -0.2) is 23.3 Å². The highest BCUT2D eigenvalue weighted by Crippen LogP contribution is 2.60. The Labute approximate surface area is 154 Å². The van der Waals surface area contributed by atoms with Crippen LogP contribution in [0.1, 0.15) is 30.5 Å². The number of phenols is 1. The van der Waals surface area contributed by atoms with Crippen LogP contribution in [-0.2, 0) is 13.6 Å². The SMILES string of the molecule is CCOP(=O)(OCC)/C(=C/Nc1cccnc1)c1cc(C)c(O)c(C)c1. The smallest absolute Gasteiger partial charge is 0.363 e. The number of pyridine rings is 1. The molecule has 2 aromatic rings. The molecule has 2 N–H and O–H groups in total. The maximum Gasteiger partial charge on any atom is 0.363 e. The molecule has 0 amide bonds. The second-order valence-corrected chi connectivity index (χ2v) is 7.70. The van der Waals surface area contributed by atoms with Gasteiger partial charge in [-0.3, -0.25) is 9.55 Å². The van der Waals surface area contributed by atoms with Crippen LogP contribution in [0.2, 0.25) is 0 Å². The third kappa shape index (κ3) is 4.73. The zero-order chi connectivity index (χ0) is 19.2. The summed E-state index contributed by atoms with van der Waals surface area (Å²) in [6.07, 6.45) is 4.95. The van der Waals surface area contributed by atoms with E-state index < -0.39 is 7.60 Å². The van der Waals surface area contributed by atoms with Gasteiger partial charge in [-0.15, -0.1) is 0 Å². The first-order valence-electron chi connectivity index (χ1n) is 8.48. The molecule has 2 rings (SSSR count). The van der Waals surface area contributed by atoms with E-state index in [0.29, 0.717) is 22.0 Å². The molecule has 0 saturated heterocycles. The van der Waals surface area contributed by atoms with E-state index in [9.17, 15) is 9.67 Å². The van der Waals surface area contributed by atoms with Gasteiger partial charge in [0.05, 0.1) is 30.4 Å². The number of aromatic nitrogens is 1. The molecule has 0 aliphatic heterocycles. The molecule has 6 nitrogen and oxygen atoms in total. The van der Waals surface area contributed by atoms with Gasteiger partial charge >= 0.3 is 7.60 Å². The van der Waals surface area contributed by atoms with Gasteiger partial charge in [0.1, 0.15) is 5.75 Å². The molecule has 7 heteroatoms. The molecule has 26 heavy (non-hydrogen) atoms. The summed E-state index contributed by atoms with van der Waals surface area (Å²) in [6, 6.07) is 7.18. The van der Waals surface area contributed by atoms with Gasteiger partial charge in [-0.1, -0.05) is 0 Å². The van der Waals surface area contributed by atoms with Gasteiger partial charge in [0.25, 0.3) is 0 Å². The molecule has 0 atom stereocenters. The number of hydrogen-bond acceptors (Lipinski definition) is 6. The first-order chi connectivity index (χ1) is 12.4. The van der Waals surface area contributed by atoms with Crippen molar-refractivity contribution in [2.24, 2.45) is 0 Å². The van der Waals surface area contributed by atoms with Crippen LogP contribution in [0.5, 0.6) is 5.75 Å². The van der Waals surface area contributed by atoms with Crippen molar-refractivity contribution < 1.29 is 18.7 Å². The number of nitrogens with one attached hydrogen (secondary N) is 1. The number of aromatic hydroxyl groups is 1. The summed E-state index contributed by atoms with van der Waals surface area (Å²) in [5.74, 6) is 0.218. The topological polar surface area (TPSA) is 80.7 Å². The normalized spacial score (nSPS) is 12.2. The van der Waals surface area contributed by atoms with Crippen LogP contribution in [0, 0.1) is 13.8 Å². The number of aryl methyl sites for hydroxylation is 2. The van der Waals surface area contributed by atoms with Crippen molar-refractivity contribution in [3.05, 3.63) is 59.5 Å². The van der Waals surface area contributed by atoms with E-state index in [1.54, 1.807) is 64.5 Å². The van der Waals surface area contributed by atoms with Gasteiger partial charge in [-0.05, 0) is 68.7 Å². The Morgan fingerprint density at radius 1 is 1.23 bits per heavy atom. The average Bonchev–Trinajstić information content (AvgIpc) is 2.61. The lowest BCUT2D eigenvalue weighted by Gasteiger charge is -2.21. The molecule has 1 aromatic heterocycles. The lowest BCUT2D eigenvalue weighted by atomic mass is 10.1. The molecule has 0 bridgehead atoms. The van der Waals surface area contributed by atoms with Crippen molar-refractivity contribution in [2.75, 3.05) is 18.5 Å². The lowest BCUT2D eigenvalue weighted by Crippen LogP contribution is -2.02. The van der Waals surface area contributed by atoms with Gasteiger partial charge in [0.15, 0.2) is 0 Å². The summed E-state index contributed by atoms with van der Waals surface area (Å²) in [5, 5.41) is 13.6. The van der Waals surface area contributed by atoms with E-state index in [1.807, 2.05) is 6.07 Å². The fourth-order valence-corrected chi connectivity index (χ4v) is 4.24. The predicted octanol–water partition coefficient (Wildman–Crippen LogP) is 5.08. The van der Waals surface area contributed by atoms with E-state index in [1.165, 1.54) is 0 Å². The molecule has 140 valence electrons. The molecule has 0 spiro atoms. The van der Waals surface area contributed by atoms with Crippen molar-refractivity contribution in [1.29, 1.82) is 0 Å². The molecular formula is C19H25N2O4P. The molecule has 0 radical (unpaired) electrons. The summed E-state index contributed by atoms with van der Waals surface area (Å²) >= 11 is 0. The predicted molar refractivity (Wildman–Crippen MR) is 104 cm³/mol. The van der Waals surface area contributed by atoms with Crippen LogP contribution in [0.25, 0.3) is 5.31 Å². The third-order valence-corrected chi connectivity index (χ3v) is 5.89. The van der Waals surface area contributed by atoms with Gasteiger partial charge < -0.3 is 19.5 Å². The van der Waals surface area contributed by atoms with Crippen molar-refractivity contribution >= 4 is 18.6 Å². The van der Waals surface area contributed by atoms with Crippen molar-refractivity contribution in [3.63, 3.8) is 0 Å². The van der Waals surface area contributed by atoms with Crippen LogP contribution >= 0.6 is 7.60 Å². The van der Waals surface area contributed by atoms with Gasteiger partial charge in [0.2, 0.25) is 0 Å². The Bertz CT molecular complexity index is 789. The van der Waals surface area contributed by atoms with Crippen molar-refractivity contribution in [3.8, 4) is 5.75 Å². The second kappa shape index (κ2) is 8.99. The number of hydrogen-bond donors (Lipinski definition) is 2. The Hall–Kier alpha value is -2.14. The molecule has 1 heterocycles. The quantitative estimate of drug-likeness (QED) is 0.625. The van der Waals surface area contributed by atoms with Crippen LogP contribution < -0.4 is 5.32 Å². The average molecular weight is 376 g/mol. The minimum atomic E-state index is -3.55. The fourth-order valence-electron chi connectivity index (χ4n) is 2.54. The van der Waals surface area contributed by atoms with E-state index >= 15 is 0 Å². The summed E-state index contributed by atoms with van der Waals surface area (Å²) in [5.41, 5.74) is 2.79. The van der Waals surface area contributed by atoms with Crippen molar-refractivity contribution in [2.45, 2.75) is 27.7 Å². The highest BCUT2D eigenvalue weighted by molar-refractivity contribution is 7.65. The monoisotopic (exact) mass is 376 g/mol. The minimum Gasteiger partial charge on any atom is -0.507 e. The van der Waals surface area contributed by atoms with Gasteiger partial charge in [-0.25, -0.2) is 0 Å². The molecule has 0 fully saturated rings. The van der Waals surface area contributed by atoms with Gasteiger partial charge in [-0.2, -0.15) is 0 Å². The standard InChI is InChI=1S/C19H25N2O4P/c1-5-24-26(23,25-6-2)18(13-21-17-8-7-9-20-12-17)16-10-14(3)19(22)15(4)11-16/h7-13,21-22H,5-6H2,1-4H3/b18-13+. The summed E-state index contributed by atoms with van der Waals surface area (Å²) < 4.78 is 24.5. The molecule has 0 saturated carbocycles. The zero-order valence-corrected chi connectivity index (χ0v) is 16.4. The van der Waals surface area contributed by atoms with Crippen LogP contribution in [0.3, 0.4) is 0 Å². The Morgan fingerprint density at radius 2 is 1.85 bits per heavy atom. The first kappa shape index (κ1) is 20.2. The summed E-state index contributed by atoms with van der Waals surface area (Å²) in [7, 11) is -3.55. The number of nitrogens with zero attached hydrogens (tertiary/aromatic N) is 1. The number of rotatable bonds is 8. The van der Waals surface area contributed by atoms with Crippen molar-refractivity contribution in [1.82, 2.24) is 4.98 Å². The lowest BCUT2D eigenvalue weighted by molar-refractivity contribution is 0.230. The second-order valence-electron chi connectivity index (χ2n) is 5.71. The van der Waals surface area contributed by atoms with E-state index in [2.05, 4.69) is 10.3 Å². The molecule has 0 aliphatic carbocycles. The number of phenolic OH excluding ortho intramolecular Hbond substituents is 1. The number of benzene rings is 1. The van der Waals surface area contributed by atoms with Gasteiger partial charge in [0, 0.05) is 12.4 Å². The highest BCUT2D eigenvalue weighted by Gasteiger charge is 2.31. The van der Waals surface area contributed by atoms with E-state index in [-0.39, 0.29) is 19.0 Å². The minimum absolute atomic E-state index is 0.218. The largest absolute Gasteiger partial charge is 0.507 e. The van der Waals surface area contributed by atoms with Crippen LogP contribution in [0.15, 0.2) is 42.9 Å². The molecule has 0 unspecified atom stereocenters. The fraction of sp³-hybridized carbons (Fsp3) is 0.316. The maximum absolute atomic E-state index is 13.4. The molecule has 0 aliphatic rings. The highest BCUT2D eigenvalue weighted by atomic mass is 31.2.